The van der Waals surface area contributed by atoms with Crippen molar-refractivity contribution in [3.63, 3.8) is 0 Å². The lowest BCUT2D eigenvalue weighted by Crippen LogP contribution is -2.59. The molecule has 7 nitrogen and oxygen atoms in total. The number of carbonyl (C=O) groups excluding carboxylic acids is 1. The normalized spacial score (nSPS) is 24.8. The van der Waals surface area contributed by atoms with Crippen LogP contribution in [-0.2, 0) is 16.0 Å². The van der Waals surface area contributed by atoms with E-state index in [-0.39, 0.29) is 11.4 Å². The lowest BCUT2D eigenvalue weighted by Gasteiger charge is -2.45. The minimum Gasteiger partial charge on any atom is -0.377 e. The Balaban J connectivity index is 1.49. The summed E-state index contributed by atoms with van der Waals surface area (Å²) in [6.45, 7) is 4.09. The number of carbonyl (C=O) groups is 1. The van der Waals surface area contributed by atoms with Crippen LogP contribution in [0.1, 0.15) is 25.5 Å². The van der Waals surface area contributed by atoms with Crippen LogP contribution >= 0.6 is 11.3 Å². The molecule has 1 aliphatic heterocycles. The number of thiazole rings is 1. The van der Waals surface area contributed by atoms with Crippen LogP contribution in [0.3, 0.4) is 0 Å². The summed E-state index contributed by atoms with van der Waals surface area (Å²) < 4.78 is 5.64. The molecule has 1 amide bonds. The molecule has 2 aliphatic rings. The topological polar surface area (TPSA) is 84.0 Å². The second-order valence-electron chi connectivity index (χ2n) is 6.38. The number of aromatic amines is 1. The van der Waals surface area contributed by atoms with Gasteiger partial charge in [0.2, 0.25) is 5.91 Å². The number of morpholine rings is 1. The zero-order valence-electron chi connectivity index (χ0n) is 13.0. The average Bonchev–Trinajstić information content (AvgIpc) is 3.08. The van der Waals surface area contributed by atoms with Crippen molar-refractivity contribution in [2.24, 2.45) is 5.92 Å². The number of H-pyrrole nitrogens is 1. The van der Waals surface area contributed by atoms with Gasteiger partial charge in [-0.25, -0.2) is 9.97 Å². The quantitative estimate of drug-likeness (QED) is 0.916. The third-order valence-electron chi connectivity index (χ3n) is 4.73. The van der Waals surface area contributed by atoms with Gasteiger partial charge in [0.1, 0.15) is 6.33 Å². The molecule has 0 unspecified atom stereocenters. The van der Waals surface area contributed by atoms with E-state index in [1.54, 1.807) is 0 Å². The van der Waals surface area contributed by atoms with Crippen LogP contribution in [0.5, 0.6) is 0 Å². The van der Waals surface area contributed by atoms with Crippen molar-refractivity contribution in [2.75, 3.05) is 19.8 Å². The average molecular weight is 333 g/mol. The van der Waals surface area contributed by atoms with E-state index in [1.165, 1.54) is 30.5 Å². The zero-order valence-corrected chi connectivity index (χ0v) is 13.8. The first-order valence-corrected chi connectivity index (χ1v) is 8.73. The maximum absolute atomic E-state index is 12.8. The van der Waals surface area contributed by atoms with Gasteiger partial charge < -0.3 is 9.64 Å². The minimum absolute atomic E-state index is 0.136. The molecular weight excluding hydrogens is 314 g/mol. The fourth-order valence-electron chi connectivity index (χ4n) is 3.28. The second kappa shape index (κ2) is 5.68. The Morgan fingerprint density at radius 3 is 3.17 bits per heavy atom. The van der Waals surface area contributed by atoms with E-state index in [4.69, 9.17) is 4.74 Å². The Morgan fingerprint density at radius 1 is 1.57 bits per heavy atom. The molecule has 8 heteroatoms. The molecule has 1 aliphatic carbocycles. The van der Waals surface area contributed by atoms with E-state index in [9.17, 15) is 4.79 Å². The van der Waals surface area contributed by atoms with Crippen molar-refractivity contribution in [2.45, 2.75) is 31.7 Å². The number of rotatable bonds is 4. The third kappa shape index (κ3) is 2.76. The zero-order chi connectivity index (χ0) is 15.9. The van der Waals surface area contributed by atoms with Gasteiger partial charge >= 0.3 is 0 Å². The van der Waals surface area contributed by atoms with Crippen LogP contribution in [0.2, 0.25) is 0 Å². The smallest absolute Gasteiger partial charge is 0.229 e. The summed E-state index contributed by atoms with van der Waals surface area (Å²) in [5.41, 5.74) is 0.634. The molecule has 2 aromatic rings. The SMILES string of the molecule is C[C@@]1(C2CC2)COCCN1C(=O)Cc1csc(-c2ncn[nH]2)n1. The molecular formula is C15H19N5O2S. The van der Waals surface area contributed by atoms with Crippen molar-refractivity contribution >= 4 is 17.2 Å². The van der Waals surface area contributed by atoms with Crippen molar-refractivity contribution < 1.29 is 9.53 Å². The standard InChI is InChI=1S/C15H19N5O2S/c1-15(10-2-3-10)8-22-5-4-20(15)12(21)6-11-7-23-14(18-11)13-16-9-17-19-13/h7,9-10H,2-6,8H2,1H3,(H,16,17,19)/t15-/m0/s1. The fraction of sp³-hybridized carbons (Fsp3) is 0.600. The first-order chi connectivity index (χ1) is 11.2. The van der Waals surface area contributed by atoms with Gasteiger partial charge in [-0.05, 0) is 25.7 Å². The number of hydrogen-bond acceptors (Lipinski definition) is 6. The summed E-state index contributed by atoms with van der Waals surface area (Å²) >= 11 is 1.47. The van der Waals surface area contributed by atoms with Crippen molar-refractivity contribution in [1.29, 1.82) is 0 Å². The predicted octanol–water partition coefficient (Wildman–Crippen LogP) is 1.50. The molecule has 0 bridgehead atoms. The molecule has 2 fully saturated rings. The molecule has 122 valence electrons. The molecule has 0 spiro atoms. The van der Waals surface area contributed by atoms with Crippen molar-refractivity contribution in [3.8, 4) is 10.8 Å². The van der Waals surface area contributed by atoms with Crippen LogP contribution in [0.25, 0.3) is 10.8 Å². The number of ether oxygens (including phenoxy) is 1. The van der Waals surface area contributed by atoms with Crippen molar-refractivity contribution in [1.82, 2.24) is 25.1 Å². The summed E-state index contributed by atoms with van der Waals surface area (Å²) in [5, 5.41) is 9.31. The summed E-state index contributed by atoms with van der Waals surface area (Å²) in [7, 11) is 0. The van der Waals surface area contributed by atoms with E-state index in [1.807, 2.05) is 10.3 Å². The maximum Gasteiger partial charge on any atom is 0.229 e. The molecule has 0 aromatic carbocycles. The summed E-state index contributed by atoms with van der Waals surface area (Å²) in [4.78, 5) is 23.4. The van der Waals surface area contributed by atoms with Crippen LogP contribution < -0.4 is 0 Å². The lowest BCUT2D eigenvalue weighted by molar-refractivity contribution is -0.149. The minimum atomic E-state index is -0.154. The number of nitrogens with zero attached hydrogens (tertiary/aromatic N) is 4. The second-order valence-corrected chi connectivity index (χ2v) is 7.24. The van der Waals surface area contributed by atoms with E-state index in [0.29, 0.717) is 37.9 Å². The summed E-state index contributed by atoms with van der Waals surface area (Å²) in [5.74, 6) is 1.35. The first-order valence-electron chi connectivity index (χ1n) is 7.85. The van der Waals surface area contributed by atoms with E-state index < -0.39 is 0 Å². The highest BCUT2D eigenvalue weighted by Gasteiger charge is 2.49. The third-order valence-corrected chi connectivity index (χ3v) is 5.63. The molecule has 3 heterocycles. The molecule has 1 atom stereocenters. The Morgan fingerprint density at radius 2 is 2.43 bits per heavy atom. The van der Waals surface area contributed by atoms with Gasteiger partial charge in [0, 0.05) is 11.9 Å². The van der Waals surface area contributed by atoms with Crippen LogP contribution in [-0.4, -0.2) is 56.3 Å². The van der Waals surface area contributed by atoms with Crippen LogP contribution in [0.4, 0.5) is 0 Å². The summed E-state index contributed by atoms with van der Waals surface area (Å²) in [6.07, 6.45) is 4.16. The van der Waals surface area contributed by atoms with Crippen LogP contribution in [0, 0.1) is 5.92 Å². The highest BCUT2D eigenvalue weighted by atomic mass is 32.1. The lowest BCUT2D eigenvalue weighted by atomic mass is 9.92. The van der Waals surface area contributed by atoms with Gasteiger partial charge in [-0.2, -0.15) is 5.10 Å². The summed E-state index contributed by atoms with van der Waals surface area (Å²) in [6, 6.07) is 0. The Bertz CT molecular complexity index is 697. The van der Waals surface area contributed by atoms with Gasteiger partial charge in [-0.1, -0.05) is 0 Å². The molecule has 4 rings (SSSR count). The van der Waals surface area contributed by atoms with E-state index in [0.717, 1.165) is 10.7 Å². The molecule has 1 N–H and O–H groups in total. The highest BCUT2D eigenvalue weighted by Crippen LogP contribution is 2.44. The van der Waals surface area contributed by atoms with Gasteiger partial charge in [0.15, 0.2) is 10.8 Å². The van der Waals surface area contributed by atoms with Gasteiger partial charge in [-0.3, -0.25) is 9.89 Å². The van der Waals surface area contributed by atoms with E-state index in [2.05, 4.69) is 27.1 Å². The molecule has 2 aromatic heterocycles. The Labute approximate surface area is 138 Å². The number of amides is 1. The first kappa shape index (κ1) is 14.8. The Hall–Kier alpha value is -1.80. The number of aromatic nitrogens is 4. The van der Waals surface area contributed by atoms with Gasteiger partial charge in [0.05, 0.1) is 30.9 Å². The molecule has 23 heavy (non-hydrogen) atoms. The maximum atomic E-state index is 12.8. The van der Waals surface area contributed by atoms with Gasteiger partial charge in [-0.15, -0.1) is 11.3 Å². The number of nitrogens with one attached hydrogen (secondary N) is 1. The largest absolute Gasteiger partial charge is 0.377 e. The monoisotopic (exact) mass is 333 g/mol. The fourth-order valence-corrected chi connectivity index (χ4v) is 4.04. The molecule has 1 saturated heterocycles. The predicted molar refractivity (Wildman–Crippen MR) is 84.9 cm³/mol. The van der Waals surface area contributed by atoms with E-state index >= 15 is 0 Å². The van der Waals surface area contributed by atoms with Gasteiger partial charge in [0.25, 0.3) is 0 Å². The molecule has 0 radical (unpaired) electrons. The number of hydrogen-bond donors (Lipinski definition) is 1. The Kier molecular flexibility index (Phi) is 3.65. The molecule has 1 saturated carbocycles. The van der Waals surface area contributed by atoms with Crippen molar-refractivity contribution in [3.05, 3.63) is 17.4 Å². The van der Waals surface area contributed by atoms with Crippen LogP contribution in [0.15, 0.2) is 11.7 Å². The highest BCUT2D eigenvalue weighted by molar-refractivity contribution is 7.13.